The van der Waals surface area contributed by atoms with E-state index in [2.05, 4.69) is 14.7 Å². The van der Waals surface area contributed by atoms with Crippen LogP contribution in [0.4, 0.5) is 0 Å². The summed E-state index contributed by atoms with van der Waals surface area (Å²) in [5.41, 5.74) is 0.329. The van der Waals surface area contributed by atoms with Gasteiger partial charge in [-0.2, -0.15) is 0 Å². The van der Waals surface area contributed by atoms with E-state index in [0.29, 0.717) is 18.1 Å². The second-order valence-corrected chi connectivity index (χ2v) is 5.20. The maximum atomic E-state index is 12.6. The van der Waals surface area contributed by atoms with E-state index in [1.165, 1.54) is 7.11 Å². The Morgan fingerprint density at radius 3 is 2.95 bits per heavy atom. The fourth-order valence-corrected chi connectivity index (χ4v) is 2.38. The Balaban J connectivity index is 2.07. The van der Waals surface area contributed by atoms with Crippen molar-refractivity contribution in [1.29, 1.82) is 0 Å². The summed E-state index contributed by atoms with van der Waals surface area (Å²) in [5, 5.41) is 0. The molecule has 22 heavy (non-hydrogen) atoms. The summed E-state index contributed by atoms with van der Waals surface area (Å²) in [7, 11) is 1.34. The number of hydrogen-bond acceptors (Lipinski definition) is 6. The number of rotatable bonds is 6. The molecular formula is C15H21N3O4. The van der Waals surface area contributed by atoms with Crippen LogP contribution in [0.2, 0.25) is 0 Å². The van der Waals surface area contributed by atoms with Crippen molar-refractivity contribution < 1.29 is 19.1 Å². The van der Waals surface area contributed by atoms with Crippen LogP contribution in [0.15, 0.2) is 12.3 Å². The van der Waals surface area contributed by atoms with Gasteiger partial charge >= 0.3 is 5.97 Å². The van der Waals surface area contributed by atoms with Crippen molar-refractivity contribution in [3.63, 3.8) is 0 Å². The number of hydrogen-bond donors (Lipinski definition) is 0. The summed E-state index contributed by atoms with van der Waals surface area (Å²) in [6.07, 6.45) is 3.64. The van der Waals surface area contributed by atoms with E-state index in [4.69, 9.17) is 4.74 Å². The minimum Gasteiger partial charge on any atom is -0.469 e. The van der Waals surface area contributed by atoms with Crippen LogP contribution in [-0.4, -0.2) is 59.7 Å². The van der Waals surface area contributed by atoms with E-state index < -0.39 is 0 Å². The number of ether oxygens (including phenoxy) is 2. The van der Waals surface area contributed by atoms with Crippen molar-refractivity contribution in [3.8, 4) is 0 Å². The molecule has 0 spiro atoms. The zero-order valence-corrected chi connectivity index (χ0v) is 12.9. The molecule has 7 heteroatoms. The number of methoxy groups -OCH3 is 1. The lowest BCUT2D eigenvalue weighted by molar-refractivity contribution is -0.140. The molecule has 2 rings (SSSR count). The van der Waals surface area contributed by atoms with Gasteiger partial charge in [0.05, 0.1) is 19.6 Å². The Hall–Kier alpha value is -2.02. The summed E-state index contributed by atoms with van der Waals surface area (Å²) < 4.78 is 10.2. The third kappa shape index (κ3) is 4.49. The number of nitrogens with zero attached hydrogens (tertiary/aromatic N) is 3. The predicted octanol–water partition coefficient (Wildman–Crippen LogP) is 0.969. The second-order valence-electron chi connectivity index (χ2n) is 5.20. The van der Waals surface area contributed by atoms with Gasteiger partial charge in [-0.15, -0.1) is 0 Å². The Morgan fingerprint density at radius 2 is 2.32 bits per heavy atom. The third-order valence-corrected chi connectivity index (χ3v) is 3.54. The van der Waals surface area contributed by atoms with Gasteiger partial charge in [0.2, 0.25) is 0 Å². The smallest absolute Gasteiger partial charge is 0.307 e. The standard InChI is InChI=1S/C15H21N3O4/c1-11-16-7-5-13(17-11)15(20)18(8-6-14(19)21-2)10-12-4-3-9-22-12/h5,7,12H,3-4,6,8-10H2,1-2H3/t12-/m0/s1. The number of aryl methyl sites for hydroxylation is 1. The van der Waals surface area contributed by atoms with E-state index in [9.17, 15) is 9.59 Å². The van der Waals surface area contributed by atoms with E-state index in [0.717, 1.165) is 19.4 Å². The highest BCUT2D eigenvalue weighted by Crippen LogP contribution is 2.15. The molecule has 1 aliphatic heterocycles. The molecule has 1 amide bonds. The van der Waals surface area contributed by atoms with Gasteiger partial charge < -0.3 is 14.4 Å². The highest BCUT2D eigenvalue weighted by atomic mass is 16.5. The van der Waals surface area contributed by atoms with Gasteiger partial charge in [-0.05, 0) is 25.8 Å². The lowest BCUT2D eigenvalue weighted by Crippen LogP contribution is -2.39. The number of amides is 1. The first-order valence-electron chi connectivity index (χ1n) is 7.37. The molecule has 1 atom stereocenters. The zero-order valence-electron chi connectivity index (χ0n) is 12.9. The number of esters is 1. The first kappa shape index (κ1) is 16.4. The van der Waals surface area contributed by atoms with Crippen LogP contribution < -0.4 is 0 Å². The van der Waals surface area contributed by atoms with Gasteiger partial charge in [0, 0.05) is 25.9 Å². The van der Waals surface area contributed by atoms with Crippen molar-refractivity contribution >= 4 is 11.9 Å². The molecule has 0 bridgehead atoms. The van der Waals surface area contributed by atoms with Crippen molar-refractivity contribution in [2.24, 2.45) is 0 Å². The van der Waals surface area contributed by atoms with E-state index in [-0.39, 0.29) is 30.9 Å². The Labute approximate surface area is 129 Å². The van der Waals surface area contributed by atoms with Crippen LogP contribution in [0.3, 0.4) is 0 Å². The SMILES string of the molecule is COC(=O)CCN(C[C@@H]1CCCO1)C(=O)c1ccnc(C)n1. The summed E-state index contributed by atoms with van der Waals surface area (Å²) >= 11 is 0. The molecule has 1 fully saturated rings. The van der Waals surface area contributed by atoms with E-state index >= 15 is 0 Å². The first-order valence-corrected chi connectivity index (χ1v) is 7.37. The Morgan fingerprint density at radius 1 is 1.50 bits per heavy atom. The van der Waals surface area contributed by atoms with Crippen LogP contribution in [0, 0.1) is 6.92 Å². The van der Waals surface area contributed by atoms with Gasteiger partial charge in [-0.3, -0.25) is 9.59 Å². The fourth-order valence-electron chi connectivity index (χ4n) is 2.38. The lowest BCUT2D eigenvalue weighted by Gasteiger charge is -2.24. The quantitative estimate of drug-likeness (QED) is 0.728. The normalized spacial score (nSPS) is 17.3. The molecule has 1 aromatic rings. The van der Waals surface area contributed by atoms with E-state index in [1.54, 1.807) is 24.1 Å². The Bertz CT molecular complexity index is 529. The number of aromatic nitrogens is 2. The minimum absolute atomic E-state index is 0.0181. The average molecular weight is 307 g/mol. The molecule has 7 nitrogen and oxygen atoms in total. The molecule has 1 saturated heterocycles. The van der Waals surface area contributed by atoms with E-state index in [1.807, 2.05) is 0 Å². The summed E-state index contributed by atoms with van der Waals surface area (Å²) in [6, 6.07) is 1.58. The van der Waals surface area contributed by atoms with Crippen LogP contribution in [0.25, 0.3) is 0 Å². The average Bonchev–Trinajstić information content (AvgIpc) is 3.03. The van der Waals surface area contributed by atoms with Gasteiger partial charge in [-0.25, -0.2) is 9.97 Å². The molecule has 1 aliphatic rings. The molecule has 0 radical (unpaired) electrons. The van der Waals surface area contributed by atoms with Crippen LogP contribution in [-0.2, 0) is 14.3 Å². The monoisotopic (exact) mass is 307 g/mol. The van der Waals surface area contributed by atoms with Crippen LogP contribution in [0.1, 0.15) is 35.6 Å². The lowest BCUT2D eigenvalue weighted by atomic mass is 10.2. The minimum atomic E-state index is -0.344. The maximum absolute atomic E-state index is 12.6. The number of carbonyl (C=O) groups is 2. The molecule has 2 heterocycles. The highest BCUT2D eigenvalue weighted by Gasteiger charge is 2.24. The largest absolute Gasteiger partial charge is 0.469 e. The summed E-state index contributed by atoms with van der Waals surface area (Å²) in [4.78, 5) is 33.7. The zero-order chi connectivity index (χ0) is 15.9. The van der Waals surface area contributed by atoms with Crippen molar-refractivity contribution in [1.82, 2.24) is 14.9 Å². The first-order chi connectivity index (χ1) is 10.6. The molecule has 0 unspecified atom stereocenters. The van der Waals surface area contributed by atoms with Gasteiger partial charge in [0.25, 0.3) is 5.91 Å². The van der Waals surface area contributed by atoms with Crippen molar-refractivity contribution in [2.75, 3.05) is 26.8 Å². The molecule has 1 aromatic heterocycles. The molecule has 0 N–H and O–H groups in total. The number of carbonyl (C=O) groups excluding carboxylic acids is 2. The molecule has 0 aliphatic carbocycles. The fraction of sp³-hybridized carbons (Fsp3) is 0.600. The second kappa shape index (κ2) is 7.84. The molecule has 0 aromatic carbocycles. The molecule has 120 valence electrons. The van der Waals surface area contributed by atoms with Gasteiger partial charge in [0.1, 0.15) is 11.5 Å². The summed E-state index contributed by atoms with van der Waals surface area (Å²) in [6.45, 7) is 3.19. The van der Waals surface area contributed by atoms with Crippen molar-refractivity contribution in [2.45, 2.75) is 32.3 Å². The van der Waals surface area contributed by atoms with Gasteiger partial charge in [0.15, 0.2) is 0 Å². The third-order valence-electron chi connectivity index (χ3n) is 3.54. The van der Waals surface area contributed by atoms with Crippen LogP contribution in [0.5, 0.6) is 0 Å². The summed E-state index contributed by atoms with van der Waals surface area (Å²) in [5.74, 6) is -0.0233. The van der Waals surface area contributed by atoms with Crippen molar-refractivity contribution in [3.05, 3.63) is 23.8 Å². The van der Waals surface area contributed by atoms with Crippen LogP contribution >= 0.6 is 0 Å². The topological polar surface area (TPSA) is 81.6 Å². The molecular weight excluding hydrogens is 286 g/mol. The maximum Gasteiger partial charge on any atom is 0.307 e. The predicted molar refractivity (Wildman–Crippen MR) is 78.3 cm³/mol. The Kier molecular flexibility index (Phi) is 5.83. The molecule has 0 saturated carbocycles. The van der Waals surface area contributed by atoms with Gasteiger partial charge in [-0.1, -0.05) is 0 Å². The highest BCUT2D eigenvalue weighted by molar-refractivity contribution is 5.92.